The third-order valence-electron chi connectivity index (χ3n) is 3.70. The number of nitrogens with zero attached hydrogens (tertiary/aromatic N) is 1. The largest absolute Gasteiger partial charge is 0.497 e. The van der Waals surface area contributed by atoms with Crippen molar-refractivity contribution in [2.45, 2.75) is 18.9 Å². The Hall–Kier alpha value is -2.00. The maximum atomic E-state index is 11.8. The van der Waals surface area contributed by atoms with Crippen molar-refractivity contribution >= 4 is 16.1 Å². The molecule has 0 unspecified atom stereocenters. The van der Waals surface area contributed by atoms with Gasteiger partial charge in [0.05, 0.1) is 13.4 Å². The van der Waals surface area contributed by atoms with Crippen molar-refractivity contribution in [3.05, 3.63) is 24.3 Å². The predicted octanol–water partition coefficient (Wildman–Crippen LogP) is 0.797. The van der Waals surface area contributed by atoms with Crippen LogP contribution >= 0.6 is 0 Å². The highest BCUT2D eigenvalue weighted by atomic mass is 32.2. The number of sulfonamides is 1. The van der Waals surface area contributed by atoms with Crippen molar-refractivity contribution in [3.63, 3.8) is 0 Å². The monoisotopic (exact) mass is 371 g/mol. The highest BCUT2D eigenvalue weighted by Crippen LogP contribution is 2.18. The average molecular weight is 371 g/mol. The summed E-state index contributed by atoms with van der Waals surface area (Å²) in [5.74, 6) is 1.36. The number of nitrogens with one attached hydrogen (secondary N) is 2. The van der Waals surface area contributed by atoms with Crippen molar-refractivity contribution in [3.8, 4) is 11.5 Å². The minimum absolute atomic E-state index is 0.197. The first-order valence-corrected chi connectivity index (χ1v) is 9.99. The molecule has 0 heterocycles. The summed E-state index contributed by atoms with van der Waals surface area (Å²) in [6.07, 6.45) is 3.15. The Labute approximate surface area is 148 Å². The van der Waals surface area contributed by atoms with Gasteiger partial charge in [-0.05, 0) is 37.1 Å². The number of methoxy groups -OCH3 is 1. The average Bonchev–Trinajstić information content (AvgIpc) is 3.37. The summed E-state index contributed by atoms with van der Waals surface area (Å²) in [6.45, 7) is 0.863. The van der Waals surface area contributed by atoms with Gasteiger partial charge in [0, 0.05) is 25.7 Å². The van der Waals surface area contributed by atoms with Gasteiger partial charge in [-0.15, -0.1) is 0 Å². The lowest BCUT2D eigenvalue weighted by atomic mass is 10.3. The normalized spacial score (nSPS) is 14.2. The van der Waals surface area contributed by atoms with Crippen LogP contribution in [0, 0.1) is 0 Å². The standard InChI is InChI=1S/C16H25N3O5S/c1-23-14-5-7-15(8-6-14)24-12-11-19(25(2,21)22)10-9-17-16(20)18-13-3-4-13/h5-8,13H,3-4,9-12H2,1-2H3,(H2,17,18,20). The second-order valence-electron chi connectivity index (χ2n) is 5.86. The van der Waals surface area contributed by atoms with Crippen LogP contribution in [0.15, 0.2) is 24.3 Å². The van der Waals surface area contributed by atoms with E-state index in [-0.39, 0.29) is 38.3 Å². The van der Waals surface area contributed by atoms with Crippen molar-refractivity contribution in [2.75, 3.05) is 39.6 Å². The second-order valence-corrected chi connectivity index (χ2v) is 7.84. The number of carbonyl (C=O) groups is 1. The molecule has 0 aliphatic heterocycles. The molecule has 25 heavy (non-hydrogen) atoms. The highest BCUT2D eigenvalue weighted by Gasteiger charge is 2.23. The minimum atomic E-state index is -3.38. The fourth-order valence-electron chi connectivity index (χ4n) is 2.14. The smallest absolute Gasteiger partial charge is 0.315 e. The van der Waals surface area contributed by atoms with Crippen molar-refractivity contribution in [1.82, 2.24) is 14.9 Å². The summed E-state index contributed by atoms with van der Waals surface area (Å²) in [7, 11) is -1.79. The molecule has 0 aromatic heterocycles. The Kier molecular flexibility index (Phi) is 6.89. The van der Waals surface area contributed by atoms with E-state index >= 15 is 0 Å². The Balaban J connectivity index is 1.73. The molecule has 0 spiro atoms. The molecule has 1 fully saturated rings. The molecule has 0 saturated heterocycles. The molecule has 1 aromatic rings. The number of hydrogen-bond donors (Lipinski definition) is 2. The van der Waals surface area contributed by atoms with Crippen LogP contribution in [0.2, 0.25) is 0 Å². The van der Waals surface area contributed by atoms with E-state index in [1.54, 1.807) is 31.4 Å². The first-order chi connectivity index (χ1) is 11.9. The van der Waals surface area contributed by atoms with Crippen molar-refractivity contribution in [2.24, 2.45) is 0 Å². The van der Waals surface area contributed by atoms with Crippen LogP contribution in [0.3, 0.4) is 0 Å². The SMILES string of the molecule is COc1ccc(OCCN(CCNC(=O)NC2CC2)S(C)(=O)=O)cc1. The molecule has 0 bridgehead atoms. The molecule has 8 nitrogen and oxygen atoms in total. The lowest BCUT2D eigenvalue weighted by Crippen LogP contribution is -2.43. The molecular weight excluding hydrogens is 346 g/mol. The molecule has 2 amide bonds. The number of amides is 2. The van der Waals surface area contributed by atoms with Gasteiger partial charge < -0.3 is 20.1 Å². The number of rotatable bonds is 10. The Morgan fingerprint density at radius 2 is 1.84 bits per heavy atom. The van der Waals surface area contributed by atoms with E-state index in [0.29, 0.717) is 5.75 Å². The number of carbonyl (C=O) groups excluding carboxylic acids is 1. The molecule has 1 aliphatic carbocycles. The molecule has 2 N–H and O–H groups in total. The van der Waals surface area contributed by atoms with Crippen LogP contribution in [0.4, 0.5) is 4.79 Å². The van der Waals surface area contributed by atoms with Crippen LogP contribution in [0.5, 0.6) is 11.5 Å². The molecule has 140 valence electrons. The fourth-order valence-corrected chi connectivity index (χ4v) is 2.97. The molecular formula is C16H25N3O5S. The van der Waals surface area contributed by atoms with Gasteiger partial charge in [-0.25, -0.2) is 13.2 Å². The molecule has 1 aromatic carbocycles. The molecule has 9 heteroatoms. The molecule has 1 aliphatic rings. The zero-order valence-corrected chi connectivity index (χ0v) is 15.3. The molecule has 0 radical (unpaired) electrons. The number of urea groups is 1. The van der Waals surface area contributed by atoms with Gasteiger partial charge in [0.1, 0.15) is 18.1 Å². The van der Waals surface area contributed by atoms with E-state index < -0.39 is 10.0 Å². The topological polar surface area (TPSA) is 97.0 Å². The van der Waals surface area contributed by atoms with Gasteiger partial charge in [0.2, 0.25) is 10.0 Å². The van der Waals surface area contributed by atoms with Gasteiger partial charge in [-0.2, -0.15) is 4.31 Å². The predicted molar refractivity (Wildman–Crippen MR) is 94.5 cm³/mol. The first kappa shape index (κ1) is 19.3. The zero-order chi connectivity index (χ0) is 18.3. The van der Waals surface area contributed by atoms with E-state index in [9.17, 15) is 13.2 Å². The minimum Gasteiger partial charge on any atom is -0.497 e. The number of ether oxygens (including phenoxy) is 2. The summed E-state index contributed by atoms with van der Waals surface area (Å²) < 4.78 is 35.6. The van der Waals surface area contributed by atoms with Gasteiger partial charge in [-0.1, -0.05) is 0 Å². The Morgan fingerprint density at radius 3 is 2.40 bits per heavy atom. The molecule has 1 saturated carbocycles. The Bertz CT molecular complexity index is 659. The van der Waals surface area contributed by atoms with E-state index in [1.807, 2.05) is 0 Å². The highest BCUT2D eigenvalue weighted by molar-refractivity contribution is 7.88. The summed E-state index contributed by atoms with van der Waals surface area (Å²) in [5, 5.41) is 5.45. The van der Waals surface area contributed by atoms with E-state index in [1.165, 1.54) is 4.31 Å². The maximum absolute atomic E-state index is 11.8. The van der Waals surface area contributed by atoms with E-state index in [4.69, 9.17) is 9.47 Å². The summed E-state index contributed by atoms with van der Waals surface area (Å²) in [4.78, 5) is 11.6. The van der Waals surface area contributed by atoms with Crippen LogP contribution in [0.25, 0.3) is 0 Å². The second kappa shape index (κ2) is 8.91. The lowest BCUT2D eigenvalue weighted by molar-refractivity contribution is 0.238. The van der Waals surface area contributed by atoms with Crippen molar-refractivity contribution < 1.29 is 22.7 Å². The van der Waals surface area contributed by atoms with Gasteiger partial charge >= 0.3 is 6.03 Å². The van der Waals surface area contributed by atoms with Gasteiger partial charge in [-0.3, -0.25) is 0 Å². The number of benzene rings is 1. The molecule has 0 atom stereocenters. The number of hydrogen-bond acceptors (Lipinski definition) is 5. The third kappa shape index (κ3) is 7.18. The summed E-state index contributed by atoms with van der Waals surface area (Å²) >= 11 is 0. The van der Waals surface area contributed by atoms with Crippen LogP contribution < -0.4 is 20.1 Å². The van der Waals surface area contributed by atoms with Crippen LogP contribution in [-0.2, 0) is 10.0 Å². The summed E-state index contributed by atoms with van der Waals surface area (Å²) in [6, 6.07) is 7.06. The third-order valence-corrected chi connectivity index (χ3v) is 5.00. The van der Waals surface area contributed by atoms with Crippen LogP contribution in [-0.4, -0.2) is 64.4 Å². The van der Waals surface area contributed by atoms with E-state index in [0.717, 1.165) is 24.8 Å². The fraction of sp³-hybridized carbons (Fsp3) is 0.562. The zero-order valence-electron chi connectivity index (χ0n) is 14.5. The quantitative estimate of drug-likeness (QED) is 0.634. The van der Waals surface area contributed by atoms with Crippen LogP contribution in [0.1, 0.15) is 12.8 Å². The summed E-state index contributed by atoms with van der Waals surface area (Å²) in [5.41, 5.74) is 0. The maximum Gasteiger partial charge on any atom is 0.315 e. The molecule has 2 rings (SSSR count). The Morgan fingerprint density at radius 1 is 1.20 bits per heavy atom. The lowest BCUT2D eigenvalue weighted by Gasteiger charge is -2.20. The van der Waals surface area contributed by atoms with Gasteiger partial charge in [0.15, 0.2) is 0 Å². The first-order valence-electron chi connectivity index (χ1n) is 8.15. The van der Waals surface area contributed by atoms with Gasteiger partial charge in [0.25, 0.3) is 0 Å². The van der Waals surface area contributed by atoms with E-state index in [2.05, 4.69) is 10.6 Å². The van der Waals surface area contributed by atoms with Crippen molar-refractivity contribution in [1.29, 1.82) is 0 Å².